The van der Waals surface area contributed by atoms with Crippen LogP contribution in [0, 0.1) is 12.8 Å². The summed E-state index contributed by atoms with van der Waals surface area (Å²) in [5, 5.41) is 6.21. The van der Waals surface area contributed by atoms with Crippen molar-refractivity contribution >= 4 is 34.0 Å². The molecule has 2 amide bonds. The van der Waals surface area contributed by atoms with E-state index in [9.17, 15) is 9.59 Å². The highest BCUT2D eigenvalue weighted by Gasteiger charge is 2.23. The molecule has 1 aliphatic carbocycles. The van der Waals surface area contributed by atoms with E-state index in [1.54, 1.807) is 38.3 Å². The number of rotatable bonds is 5. The Morgan fingerprint density at radius 3 is 2.46 bits per heavy atom. The van der Waals surface area contributed by atoms with Crippen molar-refractivity contribution in [1.82, 2.24) is 4.98 Å². The molecule has 6 nitrogen and oxygen atoms in total. The van der Waals surface area contributed by atoms with E-state index in [0.29, 0.717) is 21.4 Å². The molecule has 0 radical (unpaired) electrons. The van der Waals surface area contributed by atoms with E-state index < -0.39 is 0 Å². The topological polar surface area (TPSA) is 80.3 Å². The number of benzene rings is 1. The maximum absolute atomic E-state index is 12.5. The van der Waals surface area contributed by atoms with E-state index in [4.69, 9.17) is 4.74 Å². The average Bonchev–Trinajstić information content (AvgIpc) is 3.03. The molecule has 1 heterocycles. The third-order valence-corrected chi connectivity index (χ3v) is 5.63. The zero-order chi connectivity index (χ0) is 18.5. The first kappa shape index (κ1) is 18.4. The summed E-state index contributed by atoms with van der Waals surface area (Å²) in [5.41, 5.74) is 1.29. The van der Waals surface area contributed by atoms with Gasteiger partial charge in [-0.1, -0.05) is 30.6 Å². The second-order valence-corrected chi connectivity index (χ2v) is 7.44. The molecule has 26 heavy (non-hydrogen) atoms. The van der Waals surface area contributed by atoms with Crippen molar-refractivity contribution in [1.29, 1.82) is 0 Å². The number of aryl methyl sites for hydroxylation is 1. The Balaban J connectivity index is 1.64. The summed E-state index contributed by atoms with van der Waals surface area (Å²) in [5.74, 6) is 0.568. The molecule has 0 bridgehead atoms. The third kappa shape index (κ3) is 4.40. The van der Waals surface area contributed by atoms with E-state index in [1.165, 1.54) is 17.8 Å². The van der Waals surface area contributed by atoms with Crippen LogP contribution in [0.25, 0.3) is 0 Å². The molecule has 1 aromatic heterocycles. The van der Waals surface area contributed by atoms with Gasteiger partial charge in [-0.25, -0.2) is 4.98 Å². The number of nitrogens with one attached hydrogen (secondary N) is 2. The molecule has 1 aromatic carbocycles. The SMILES string of the molecule is COc1ccc(NC(=O)c2sc(NC(=O)C3CCCCC3)nc2C)cc1. The number of hydrogen-bond acceptors (Lipinski definition) is 5. The van der Waals surface area contributed by atoms with Crippen molar-refractivity contribution in [3.63, 3.8) is 0 Å². The van der Waals surface area contributed by atoms with Crippen molar-refractivity contribution in [2.24, 2.45) is 5.92 Å². The Morgan fingerprint density at radius 1 is 1.12 bits per heavy atom. The Hall–Kier alpha value is -2.41. The van der Waals surface area contributed by atoms with Crippen molar-refractivity contribution in [2.75, 3.05) is 17.7 Å². The Bertz CT molecular complexity index is 780. The quantitative estimate of drug-likeness (QED) is 0.822. The Labute approximate surface area is 157 Å². The fourth-order valence-corrected chi connectivity index (χ4v) is 3.96. The number of methoxy groups -OCH3 is 1. The molecule has 1 fully saturated rings. The second-order valence-electron chi connectivity index (χ2n) is 6.44. The molecule has 0 spiro atoms. The van der Waals surface area contributed by atoms with E-state index in [2.05, 4.69) is 15.6 Å². The zero-order valence-corrected chi connectivity index (χ0v) is 15.8. The summed E-state index contributed by atoms with van der Waals surface area (Å²) in [4.78, 5) is 29.7. The van der Waals surface area contributed by atoms with Gasteiger partial charge >= 0.3 is 0 Å². The summed E-state index contributed by atoms with van der Waals surface area (Å²) in [6, 6.07) is 7.12. The second kappa shape index (κ2) is 8.31. The van der Waals surface area contributed by atoms with Gasteiger partial charge in [-0.05, 0) is 44.0 Å². The molecule has 0 saturated heterocycles. The zero-order valence-electron chi connectivity index (χ0n) is 15.0. The number of carbonyl (C=O) groups is 2. The molecule has 7 heteroatoms. The molecular weight excluding hydrogens is 350 g/mol. The molecular formula is C19H23N3O3S. The Morgan fingerprint density at radius 2 is 1.81 bits per heavy atom. The van der Waals surface area contributed by atoms with Crippen molar-refractivity contribution in [3.8, 4) is 5.75 Å². The minimum atomic E-state index is -0.233. The third-order valence-electron chi connectivity index (χ3n) is 4.56. The molecule has 1 aliphatic rings. The first-order chi connectivity index (χ1) is 12.6. The van der Waals surface area contributed by atoms with Gasteiger partial charge in [-0.2, -0.15) is 0 Å². The van der Waals surface area contributed by atoms with Gasteiger partial charge in [0.05, 0.1) is 12.8 Å². The van der Waals surface area contributed by atoms with E-state index >= 15 is 0 Å². The van der Waals surface area contributed by atoms with Crippen LogP contribution < -0.4 is 15.4 Å². The predicted molar refractivity (Wildman–Crippen MR) is 103 cm³/mol. The highest BCUT2D eigenvalue weighted by molar-refractivity contribution is 7.17. The fraction of sp³-hybridized carbons (Fsp3) is 0.421. The lowest BCUT2D eigenvalue weighted by molar-refractivity contribution is -0.120. The van der Waals surface area contributed by atoms with Crippen molar-refractivity contribution in [2.45, 2.75) is 39.0 Å². The van der Waals surface area contributed by atoms with Crippen molar-refractivity contribution < 1.29 is 14.3 Å². The van der Waals surface area contributed by atoms with Crippen LogP contribution in [0.2, 0.25) is 0 Å². The standard InChI is InChI=1S/C19H23N3O3S/c1-12-16(18(24)21-14-8-10-15(25-2)11-9-14)26-19(20-12)22-17(23)13-6-4-3-5-7-13/h8-11,13H,3-7H2,1-2H3,(H,21,24)(H,20,22,23). The highest BCUT2D eigenvalue weighted by atomic mass is 32.1. The molecule has 0 atom stereocenters. The summed E-state index contributed by atoms with van der Waals surface area (Å²) in [7, 11) is 1.59. The highest BCUT2D eigenvalue weighted by Crippen LogP contribution is 2.28. The van der Waals surface area contributed by atoms with Crippen LogP contribution in [0.1, 0.15) is 47.5 Å². The van der Waals surface area contributed by atoms with Crippen LogP contribution in [0.3, 0.4) is 0 Å². The summed E-state index contributed by atoms with van der Waals surface area (Å²) in [6.45, 7) is 1.77. The number of aromatic nitrogens is 1. The summed E-state index contributed by atoms with van der Waals surface area (Å²) >= 11 is 1.21. The van der Waals surface area contributed by atoms with Gasteiger partial charge in [0.25, 0.3) is 5.91 Å². The lowest BCUT2D eigenvalue weighted by Gasteiger charge is -2.19. The maximum atomic E-state index is 12.5. The van der Waals surface area contributed by atoms with Crippen LogP contribution in [0.15, 0.2) is 24.3 Å². The van der Waals surface area contributed by atoms with Crippen LogP contribution in [-0.4, -0.2) is 23.9 Å². The summed E-state index contributed by atoms with van der Waals surface area (Å²) < 4.78 is 5.11. The molecule has 0 unspecified atom stereocenters. The minimum absolute atomic E-state index is 0.0144. The van der Waals surface area contributed by atoms with E-state index in [1.807, 2.05) is 0 Å². The maximum Gasteiger partial charge on any atom is 0.267 e. The molecule has 2 aromatic rings. The molecule has 2 N–H and O–H groups in total. The number of carbonyl (C=O) groups excluding carboxylic acids is 2. The summed E-state index contributed by atoms with van der Waals surface area (Å²) in [6.07, 6.45) is 5.27. The van der Waals surface area contributed by atoms with Gasteiger partial charge in [-0.3, -0.25) is 9.59 Å². The molecule has 0 aliphatic heterocycles. The molecule has 138 valence electrons. The number of nitrogens with zero attached hydrogens (tertiary/aromatic N) is 1. The van der Waals surface area contributed by atoms with Gasteiger partial charge in [0.15, 0.2) is 5.13 Å². The van der Waals surface area contributed by atoms with Crippen LogP contribution in [-0.2, 0) is 4.79 Å². The average molecular weight is 373 g/mol. The lowest BCUT2D eigenvalue weighted by atomic mass is 9.89. The first-order valence-electron chi connectivity index (χ1n) is 8.80. The van der Waals surface area contributed by atoms with Gasteiger partial charge in [0.1, 0.15) is 10.6 Å². The van der Waals surface area contributed by atoms with Crippen LogP contribution >= 0.6 is 11.3 Å². The number of hydrogen-bond donors (Lipinski definition) is 2. The van der Waals surface area contributed by atoms with Crippen molar-refractivity contribution in [3.05, 3.63) is 34.8 Å². The molecule has 3 rings (SSSR count). The number of thiazole rings is 1. The van der Waals surface area contributed by atoms with Gasteiger partial charge < -0.3 is 15.4 Å². The predicted octanol–water partition coefficient (Wildman–Crippen LogP) is 4.23. The minimum Gasteiger partial charge on any atom is -0.497 e. The van der Waals surface area contributed by atoms with Crippen LogP contribution in [0.4, 0.5) is 10.8 Å². The van der Waals surface area contributed by atoms with Gasteiger partial charge in [-0.15, -0.1) is 0 Å². The van der Waals surface area contributed by atoms with E-state index in [-0.39, 0.29) is 17.7 Å². The smallest absolute Gasteiger partial charge is 0.267 e. The number of amides is 2. The largest absolute Gasteiger partial charge is 0.497 e. The molecule has 1 saturated carbocycles. The van der Waals surface area contributed by atoms with Gasteiger partial charge in [0.2, 0.25) is 5.91 Å². The van der Waals surface area contributed by atoms with Gasteiger partial charge in [0, 0.05) is 11.6 Å². The normalized spacial score (nSPS) is 14.7. The van der Waals surface area contributed by atoms with E-state index in [0.717, 1.165) is 31.4 Å². The fourth-order valence-electron chi connectivity index (χ4n) is 3.10. The lowest BCUT2D eigenvalue weighted by Crippen LogP contribution is -2.24. The Kier molecular flexibility index (Phi) is 5.88. The number of anilines is 2. The monoisotopic (exact) mass is 373 g/mol. The number of ether oxygens (including phenoxy) is 1. The van der Waals surface area contributed by atoms with Crippen LogP contribution in [0.5, 0.6) is 5.75 Å². The first-order valence-corrected chi connectivity index (χ1v) is 9.62.